The van der Waals surface area contributed by atoms with Crippen LogP contribution in [0, 0.1) is 0 Å². The Balaban J connectivity index is 1.80. The SMILES string of the molecule is Brc1cnc(-c2ccc(C3CCCCC3)cc2)nc1. The summed E-state index contributed by atoms with van der Waals surface area (Å²) in [4.78, 5) is 8.67. The first-order valence-electron chi connectivity index (χ1n) is 6.91. The Morgan fingerprint density at radius 1 is 0.895 bits per heavy atom. The molecule has 1 heterocycles. The van der Waals surface area contributed by atoms with Gasteiger partial charge in [-0.15, -0.1) is 0 Å². The number of hydrogen-bond acceptors (Lipinski definition) is 2. The van der Waals surface area contributed by atoms with Gasteiger partial charge in [0.2, 0.25) is 0 Å². The van der Waals surface area contributed by atoms with Crippen molar-refractivity contribution in [3.63, 3.8) is 0 Å². The van der Waals surface area contributed by atoms with Crippen molar-refractivity contribution in [1.29, 1.82) is 0 Å². The van der Waals surface area contributed by atoms with E-state index in [0.717, 1.165) is 21.8 Å². The summed E-state index contributed by atoms with van der Waals surface area (Å²) in [6.07, 6.45) is 10.4. The van der Waals surface area contributed by atoms with E-state index in [-0.39, 0.29) is 0 Å². The average molecular weight is 317 g/mol. The molecule has 1 aliphatic rings. The minimum atomic E-state index is 0.758. The van der Waals surface area contributed by atoms with Crippen molar-refractivity contribution in [2.24, 2.45) is 0 Å². The molecule has 2 aromatic rings. The minimum absolute atomic E-state index is 0.758. The second-order valence-electron chi connectivity index (χ2n) is 5.18. The molecule has 3 heteroatoms. The van der Waals surface area contributed by atoms with Gasteiger partial charge >= 0.3 is 0 Å². The molecule has 98 valence electrons. The second kappa shape index (κ2) is 5.83. The first-order chi connectivity index (χ1) is 9.33. The fourth-order valence-corrected chi connectivity index (χ4v) is 3.01. The summed E-state index contributed by atoms with van der Waals surface area (Å²) in [6.45, 7) is 0. The quantitative estimate of drug-likeness (QED) is 0.783. The van der Waals surface area contributed by atoms with Gasteiger partial charge in [0.05, 0.1) is 4.47 Å². The van der Waals surface area contributed by atoms with Crippen molar-refractivity contribution in [3.8, 4) is 11.4 Å². The molecule has 0 spiro atoms. The number of nitrogens with zero attached hydrogens (tertiary/aromatic N) is 2. The molecule has 1 aliphatic carbocycles. The van der Waals surface area contributed by atoms with Gasteiger partial charge in [-0.25, -0.2) is 9.97 Å². The van der Waals surface area contributed by atoms with E-state index in [0.29, 0.717) is 0 Å². The highest BCUT2D eigenvalue weighted by Crippen LogP contribution is 2.33. The first-order valence-corrected chi connectivity index (χ1v) is 7.70. The van der Waals surface area contributed by atoms with Crippen molar-refractivity contribution in [3.05, 3.63) is 46.7 Å². The van der Waals surface area contributed by atoms with Crippen LogP contribution in [0.15, 0.2) is 41.1 Å². The summed E-state index contributed by atoms with van der Waals surface area (Å²) < 4.78 is 0.912. The van der Waals surface area contributed by atoms with E-state index < -0.39 is 0 Å². The Hall–Kier alpha value is -1.22. The molecule has 1 saturated carbocycles. The van der Waals surface area contributed by atoms with E-state index in [1.54, 1.807) is 12.4 Å². The molecule has 0 radical (unpaired) electrons. The Labute approximate surface area is 122 Å². The first kappa shape index (κ1) is 12.8. The van der Waals surface area contributed by atoms with Gasteiger partial charge in [0.25, 0.3) is 0 Å². The minimum Gasteiger partial charge on any atom is -0.235 e. The molecule has 0 saturated heterocycles. The van der Waals surface area contributed by atoms with Crippen LogP contribution >= 0.6 is 15.9 Å². The lowest BCUT2D eigenvalue weighted by Gasteiger charge is -2.22. The number of aromatic nitrogens is 2. The molecule has 0 aliphatic heterocycles. The monoisotopic (exact) mass is 316 g/mol. The van der Waals surface area contributed by atoms with Crippen LogP contribution in [0.25, 0.3) is 11.4 Å². The van der Waals surface area contributed by atoms with Crippen molar-refractivity contribution in [1.82, 2.24) is 9.97 Å². The fourth-order valence-electron chi connectivity index (χ4n) is 2.80. The zero-order valence-electron chi connectivity index (χ0n) is 10.8. The lowest BCUT2D eigenvalue weighted by molar-refractivity contribution is 0.443. The lowest BCUT2D eigenvalue weighted by Crippen LogP contribution is -2.04. The third-order valence-electron chi connectivity index (χ3n) is 3.87. The van der Waals surface area contributed by atoms with Gasteiger partial charge in [-0.1, -0.05) is 43.5 Å². The van der Waals surface area contributed by atoms with E-state index in [1.165, 1.54) is 37.7 Å². The van der Waals surface area contributed by atoms with Gasteiger partial charge in [-0.3, -0.25) is 0 Å². The highest BCUT2D eigenvalue weighted by Gasteiger charge is 2.15. The van der Waals surface area contributed by atoms with E-state index in [9.17, 15) is 0 Å². The maximum absolute atomic E-state index is 4.33. The number of hydrogen-bond donors (Lipinski definition) is 0. The molecule has 0 amide bonds. The normalized spacial score (nSPS) is 16.5. The molecule has 19 heavy (non-hydrogen) atoms. The van der Waals surface area contributed by atoms with Crippen LogP contribution in [-0.2, 0) is 0 Å². The van der Waals surface area contributed by atoms with Crippen LogP contribution in [0.4, 0.5) is 0 Å². The maximum Gasteiger partial charge on any atom is 0.159 e. The molecular weight excluding hydrogens is 300 g/mol. The average Bonchev–Trinajstić information content (AvgIpc) is 2.49. The zero-order chi connectivity index (χ0) is 13.1. The smallest absolute Gasteiger partial charge is 0.159 e. The molecule has 0 bridgehead atoms. The van der Waals surface area contributed by atoms with Crippen molar-refractivity contribution >= 4 is 15.9 Å². The molecule has 1 aromatic carbocycles. The van der Waals surface area contributed by atoms with Crippen molar-refractivity contribution in [2.75, 3.05) is 0 Å². The topological polar surface area (TPSA) is 25.8 Å². The Morgan fingerprint density at radius 3 is 2.16 bits per heavy atom. The molecular formula is C16H17BrN2. The summed E-state index contributed by atoms with van der Waals surface area (Å²) in [6, 6.07) is 8.79. The Kier molecular flexibility index (Phi) is 3.92. The molecule has 1 aromatic heterocycles. The third-order valence-corrected chi connectivity index (χ3v) is 4.28. The van der Waals surface area contributed by atoms with Crippen LogP contribution in [-0.4, -0.2) is 9.97 Å². The molecule has 2 nitrogen and oxygen atoms in total. The van der Waals surface area contributed by atoms with E-state index in [2.05, 4.69) is 50.2 Å². The van der Waals surface area contributed by atoms with Crippen LogP contribution in [0.1, 0.15) is 43.6 Å². The van der Waals surface area contributed by atoms with Crippen LogP contribution in [0.2, 0.25) is 0 Å². The summed E-state index contributed by atoms with van der Waals surface area (Å²) in [5.41, 5.74) is 2.56. The molecule has 0 unspecified atom stereocenters. The highest BCUT2D eigenvalue weighted by molar-refractivity contribution is 9.10. The van der Waals surface area contributed by atoms with Gasteiger partial charge in [0.1, 0.15) is 0 Å². The molecule has 0 N–H and O–H groups in total. The Bertz CT molecular complexity index is 528. The molecule has 1 fully saturated rings. The number of halogens is 1. The van der Waals surface area contributed by atoms with E-state index in [4.69, 9.17) is 0 Å². The summed E-state index contributed by atoms with van der Waals surface area (Å²) >= 11 is 3.36. The largest absolute Gasteiger partial charge is 0.235 e. The predicted molar refractivity (Wildman–Crippen MR) is 81.0 cm³/mol. The standard InChI is InChI=1S/C16H17BrN2/c17-15-10-18-16(19-11-15)14-8-6-13(7-9-14)12-4-2-1-3-5-12/h6-12H,1-5H2. The number of benzene rings is 1. The van der Waals surface area contributed by atoms with Crippen LogP contribution in [0.3, 0.4) is 0 Å². The van der Waals surface area contributed by atoms with Crippen LogP contribution in [0.5, 0.6) is 0 Å². The number of rotatable bonds is 2. The summed E-state index contributed by atoms with van der Waals surface area (Å²) in [5.74, 6) is 1.55. The Morgan fingerprint density at radius 2 is 1.53 bits per heavy atom. The van der Waals surface area contributed by atoms with E-state index in [1.807, 2.05) is 0 Å². The summed E-state index contributed by atoms with van der Waals surface area (Å²) in [5, 5.41) is 0. The highest BCUT2D eigenvalue weighted by atomic mass is 79.9. The second-order valence-corrected chi connectivity index (χ2v) is 6.10. The third kappa shape index (κ3) is 3.03. The molecule has 3 rings (SSSR count). The molecule has 0 atom stereocenters. The van der Waals surface area contributed by atoms with Gasteiger partial charge in [0.15, 0.2) is 5.82 Å². The maximum atomic E-state index is 4.33. The van der Waals surface area contributed by atoms with Crippen molar-refractivity contribution in [2.45, 2.75) is 38.0 Å². The van der Waals surface area contributed by atoms with Crippen molar-refractivity contribution < 1.29 is 0 Å². The zero-order valence-corrected chi connectivity index (χ0v) is 12.4. The van der Waals surface area contributed by atoms with E-state index >= 15 is 0 Å². The van der Waals surface area contributed by atoms with Gasteiger partial charge in [-0.05, 0) is 40.3 Å². The van der Waals surface area contributed by atoms with Gasteiger partial charge < -0.3 is 0 Å². The predicted octanol–water partition coefficient (Wildman–Crippen LogP) is 4.95. The van der Waals surface area contributed by atoms with Crippen LogP contribution < -0.4 is 0 Å². The fraction of sp³-hybridized carbons (Fsp3) is 0.375. The lowest BCUT2D eigenvalue weighted by atomic mass is 9.84. The summed E-state index contributed by atoms with van der Waals surface area (Å²) in [7, 11) is 0. The van der Waals surface area contributed by atoms with Gasteiger partial charge in [-0.2, -0.15) is 0 Å². The van der Waals surface area contributed by atoms with Gasteiger partial charge in [0, 0.05) is 18.0 Å².